The number of benzene rings is 1. The molecule has 1 aromatic heterocycles. The Morgan fingerprint density at radius 3 is 2.79 bits per heavy atom. The van der Waals surface area contributed by atoms with Gasteiger partial charge in [-0.1, -0.05) is 0 Å². The van der Waals surface area contributed by atoms with Gasteiger partial charge < -0.3 is 16.9 Å². The largest absolute Gasteiger partial charge is 0.397 e. The van der Waals surface area contributed by atoms with E-state index >= 15 is 0 Å². The minimum Gasteiger partial charge on any atom is -0.397 e. The fraction of sp³-hybridized carbons (Fsp3) is 0.222. The Balaban J connectivity index is 2.61. The Morgan fingerprint density at radius 1 is 1.36 bits per heavy atom. The van der Waals surface area contributed by atoms with Crippen LogP contribution in [-0.2, 0) is 0 Å². The van der Waals surface area contributed by atoms with Gasteiger partial charge in [-0.05, 0) is 19.1 Å². The normalized spacial score (nSPS) is 10.6. The zero-order valence-electron chi connectivity index (χ0n) is 7.99. The molecule has 0 radical (unpaired) electrons. The fourth-order valence-electron chi connectivity index (χ4n) is 1.38. The molecule has 0 spiro atoms. The first-order valence-corrected chi connectivity index (χ1v) is 4.49. The van der Waals surface area contributed by atoms with E-state index < -0.39 is 0 Å². The van der Waals surface area contributed by atoms with Crippen LogP contribution in [0.5, 0.6) is 0 Å². The highest BCUT2D eigenvalue weighted by Crippen LogP contribution is 2.22. The average Bonchev–Trinajstić information content (AvgIpc) is 2.51. The number of nitrogen functional groups attached to an aromatic ring is 2. The monoisotopic (exact) mass is 191 g/mol. The van der Waals surface area contributed by atoms with Crippen molar-refractivity contribution in [2.75, 3.05) is 23.4 Å². The van der Waals surface area contributed by atoms with Crippen LogP contribution in [0.3, 0.4) is 0 Å². The Kier molecular flexibility index (Phi) is 1.92. The van der Waals surface area contributed by atoms with Gasteiger partial charge in [0.05, 0.1) is 23.1 Å². The van der Waals surface area contributed by atoms with Crippen LogP contribution in [-0.4, -0.2) is 16.4 Å². The van der Waals surface area contributed by atoms with Crippen LogP contribution in [0.25, 0.3) is 10.9 Å². The summed E-state index contributed by atoms with van der Waals surface area (Å²) in [5.74, 6) is 0. The fourth-order valence-corrected chi connectivity index (χ4v) is 1.38. The molecule has 0 atom stereocenters. The maximum Gasteiger partial charge on any atom is 0.0940 e. The molecule has 0 bridgehead atoms. The molecule has 0 saturated carbocycles. The average molecular weight is 191 g/mol. The van der Waals surface area contributed by atoms with Crippen molar-refractivity contribution in [3.05, 3.63) is 18.3 Å². The van der Waals surface area contributed by atoms with E-state index in [1.165, 1.54) is 0 Å². The lowest BCUT2D eigenvalue weighted by molar-refractivity contribution is 0.772. The van der Waals surface area contributed by atoms with E-state index in [4.69, 9.17) is 11.5 Å². The summed E-state index contributed by atoms with van der Waals surface area (Å²) in [6, 6.07) is 3.64. The Bertz CT molecular complexity index is 459. The maximum absolute atomic E-state index is 5.72. The zero-order chi connectivity index (χ0) is 10.1. The van der Waals surface area contributed by atoms with Gasteiger partial charge in [-0.2, -0.15) is 9.89 Å². The van der Waals surface area contributed by atoms with Gasteiger partial charge in [-0.3, -0.25) is 0 Å². The van der Waals surface area contributed by atoms with Crippen molar-refractivity contribution in [1.82, 2.24) is 9.89 Å². The number of nitrogens with one attached hydrogen (secondary N) is 1. The lowest BCUT2D eigenvalue weighted by Crippen LogP contribution is -2.15. The van der Waals surface area contributed by atoms with Crippen molar-refractivity contribution >= 4 is 22.3 Å². The molecule has 0 fully saturated rings. The Morgan fingerprint density at radius 2 is 2.07 bits per heavy atom. The molecule has 5 heteroatoms. The quantitative estimate of drug-likeness (QED) is 0.612. The van der Waals surface area contributed by atoms with E-state index in [1.807, 2.05) is 19.1 Å². The molecule has 0 amide bonds. The number of hydrogen-bond acceptors (Lipinski definition) is 4. The van der Waals surface area contributed by atoms with Crippen LogP contribution in [0, 0.1) is 0 Å². The summed E-state index contributed by atoms with van der Waals surface area (Å²) in [6.45, 7) is 2.81. The molecule has 0 aliphatic heterocycles. The predicted octanol–water partition coefficient (Wildman–Crippen LogP) is 0.764. The third kappa shape index (κ3) is 1.22. The van der Waals surface area contributed by atoms with Crippen molar-refractivity contribution in [2.45, 2.75) is 6.92 Å². The van der Waals surface area contributed by atoms with Crippen LogP contribution in [0.1, 0.15) is 6.92 Å². The molecule has 0 aliphatic carbocycles. The van der Waals surface area contributed by atoms with Crippen LogP contribution in [0.15, 0.2) is 18.3 Å². The summed E-state index contributed by atoms with van der Waals surface area (Å²) in [5, 5.41) is 5.15. The van der Waals surface area contributed by atoms with Crippen LogP contribution >= 0.6 is 0 Å². The molecule has 14 heavy (non-hydrogen) atoms. The molecule has 74 valence electrons. The van der Waals surface area contributed by atoms with E-state index in [9.17, 15) is 0 Å². The third-order valence-electron chi connectivity index (χ3n) is 2.08. The number of rotatable bonds is 2. The van der Waals surface area contributed by atoms with Crippen molar-refractivity contribution in [2.24, 2.45) is 0 Å². The molecule has 5 nitrogen and oxygen atoms in total. The Labute approximate surface area is 81.6 Å². The van der Waals surface area contributed by atoms with Crippen LogP contribution in [0.4, 0.5) is 11.4 Å². The molecule has 2 aromatic rings. The number of nitrogens with zero attached hydrogens (tertiary/aromatic N) is 2. The molecule has 1 aromatic carbocycles. The number of nitrogens with two attached hydrogens (primary N) is 2. The number of anilines is 2. The number of aromatic nitrogens is 2. The smallest absolute Gasteiger partial charge is 0.0940 e. The molecule has 1 heterocycles. The van der Waals surface area contributed by atoms with Crippen molar-refractivity contribution in [3.63, 3.8) is 0 Å². The van der Waals surface area contributed by atoms with E-state index in [1.54, 1.807) is 11.0 Å². The van der Waals surface area contributed by atoms with Crippen molar-refractivity contribution in [3.8, 4) is 0 Å². The van der Waals surface area contributed by atoms with Gasteiger partial charge >= 0.3 is 0 Å². The van der Waals surface area contributed by atoms with Gasteiger partial charge in [0.25, 0.3) is 0 Å². The van der Waals surface area contributed by atoms with E-state index in [0.29, 0.717) is 11.4 Å². The van der Waals surface area contributed by atoms with Gasteiger partial charge in [0.15, 0.2) is 0 Å². The number of hydrogen-bond donors (Lipinski definition) is 3. The summed E-state index contributed by atoms with van der Waals surface area (Å²) in [4.78, 5) is 1.70. The molecule has 5 N–H and O–H groups in total. The summed E-state index contributed by atoms with van der Waals surface area (Å²) in [6.07, 6.45) is 1.76. The molecule has 2 rings (SSSR count). The molecular weight excluding hydrogens is 178 g/mol. The minimum atomic E-state index is 0.581. The predicted molar refractivity (Wildman–Crippen MR) is 58.5 cm³/mol. The highest BCUT2D eigenvalue weighted by molar-refractivity contribution is 5.88. The second kappa shape index (κ2) is 3.10. The molecule has 0 unspecified atom stereocenters. The third-order valence-corrected chi connectivity index (χ3v) is 2.08. The maximum atomic E-state index is 5.72. The van der Waals surface area contributed by atoms with E-state index in [-0.39, 0.29) is 0 Å². The van der Waals surface area contributed by atoms with Crippen LogP contribution < -0.4 is 16.9 Å². The first-order chi connectivity index (χ1) is 6.72. The van der Waals surface area contributed by atoms with Gasteiger partial charge in [0.1, 0.15) is 0 Å². The lowest BCUT2D eigenvalue weighted by Gasteiger charge is -2.05. The van der Waals surface area contributed by atoms with Gasteiger partial charge in [-0.15, -0.1) is 0 Å². The standard InChI is InChI=1S/C9H13N5/c1-2-12-14-9-4-8(11)7(10)3-6(9)5-13-14/h3-5,12H,2,10-11H2,1H3. The van der Waals surface area contributed by atoms with Gasteiger partial charge in [0.2, 0.25) is 0 Å². The lowest BCUT2D eigenvalue weighted by atomic mass is 10.2. The highest BCUT2D eigenvalue weighted by atomic mass is 15.5. The zero-order valence-corrected chi connectivity index (χ0v) is 7.99. The van der Waals surface area contributed by atoms with Crippen molar-refractivity contribution < 1.29 is 0 Å². The second-order valence-electron chi connectivity index (χ2n) is 3.11. The van der Waals surface area contributed by atoms with Gasteiger partial charge in [-0.25, -0.2) is 0 Å². The van der Waals surface area contributed by atoms with E-state index in [0.717, 1.165) is 17.4 Å². The second-order valence-corrected chi connectivity index (χ2v) is 3.11. The summed E-state index contributed by atoms with van der Waals surface area (Å²) >= 11 is 0. The Hall–Kier alpha value is -1.91. The summed E-state index contributed by atoms with van der Waals surface area (Å²) < 4.78 is 0. The molecular formula is C9H13N5. The molecule has 0 aliphatic rings. The first-order valence-electron chi connectivity index (χ1n) is 4.49. The highest BCUT2D eigenvalue weighted by Gasteiger charge is 2.04. The first kappa shape index (κ1) is 8.68. The van der Waals surface area contributed by atoms with Gasteiger partial charge in [0, 0.05) is 11.9 Å². The topological polar surface area (TPSA) is 81.9 Å². The molecule has 0 saturated heterocycles. The van der Waals surface area contributed by atoms with Crippen LogP contribution in [0.2, 0.25) is 0 Å². The van der Waals surface area contributed by atoms with Crippen molar-refractivity contribution in [1.29, 1.82) is 0 Å². The SMILES string of the molecule is CCNn1ncc2cc(N)c(N)cc21. The summed E-state index contributed by atoms with van der Waals surface area (Å²) in [5.41, 5.74) is 16.6. The van der Waals surface area contributed by atoms with E-state index in [2.05, 4.69) is 10.5 Å². The summed E-state index contributed by atoms with van der Waals surface area (Å²) in [7, 11) is 0. The minimum absolute atomic E-state index is 0.581. The number of fused-ring (bicyclic) bond motifs is 1.